The largest absolute Gasteiger partial charge is 0.478 e. The van der Waals surface area contributed by atoms with E-state index >= 15 is 0 Å². The van der Waals surface area contributed by atoms with Gasteiger partial charge in [0.1, 0.15) is 5.75 Å². The van der Waals surface area contributed by atoms with E-state index in [2.05, 4.69) is 0 Å². The lowest BCUT2D eigenvalue weighted by atomic mass is 10.1. The smallest absolute Gasteiger partial charge is 0.339 e. The molecule has 0 radical (unpaired) electrons. The molecule has 2 aromatic carbocycles. The second kappa shape index (κ2) is 7.23. The van der Waals surface area contributed by atoms with Crippen molar-refractivity contribution in [3.8, 4) is 11.5 Å². The van der Waals surface area contributed by atoms with Gasteiger partial charge in [-0.15, -0.1) is 0 Å². The maximum absolute atomic E-state index is 11.8. The third-order valence-corrected chi connectivity index (χ3v) is 3.01. The first-order valence-corrected chi connectivity index (χ1v) is 6.89. The molecule has 0 aromatic heterocycles. The molecule has 8 nitrogen and oxygen atoms in total. The predicted octanol–water partition coefficient (Wildman–Crippen LogP) is 3.26. The Morgan fingerprint density at radius 3 is 2.50 bits per heavy atom. The normalized spacial score (nSPS) is 10.0. The van der Waals surface area contributed by atoms with Crippen LogP contribution in [-0.2, 0) is 4.74 Å². The second-order valence-electron chi connectivity index (χ2n) is 4.56. The molecular formula is C16H13NO7. The van der Waals surface area contributed by atoms with Crippen LogP contribution in [0.4, 0.5) is 5.69 Å². The zero-order valence-electron chi connectivity index (χ0n) is 12.6. The number of aromatic carboxylic acids is 1. The van der Waals surface area contributed by atoms with Gasteiger partial charge in [0.2, 0.25) is 5.75 Å². The van der Waals surface area contributed by atoms with E-state index in [0.29, 0.717) is 0 Å². The summed E-state index contributed by atoms with van der Waals surface area (Å²) in [5, 5.41) is 20.2. The van der Waals surface area contributed by atoms with E-state index in [-0.39, 0.29) is 34.9 Å². The van der Waals surface area contributed by atoms with Crippen LogP contribution in [0.3, 0.4) is 0 Å². The molecule has 0 spiro atoms. The molecule has 24 heavy (non-hydrogen) atoms. The molecule has 0 unspecified atom stereocenters. The fourth-order valence-corrected chi connectivity index (χ4v) is 1.97. The molecule has 2 aromatic rings. The summed E-state index contributed by atoms with van der Waals surface area (Å²) in [5.41, 5.74) is -0.701. The van der Waals surface area contributed by atoms with Crippen LogP contribution in [0.25, 0.3) is 0 Å². The molecule has 1 N–H and O–H groups in total. The Labute approximate surface area is 136 Å². The fourth-order valence-electron chi connectivity index (χ4n) is 1.97. The molecule has 0 aliphatic heterocycles. The number of para-hydroxylation sites is 2. The number of nitro groups is 1. The van der Waals surface area contributed by atoms with Gasteiger partial charge in [-0.2, -0.15) is 0 Å². The molecule has 124 valence electrons. The summed E-state index contributed by atoms with van der Waals surface area (Å²) in [5.74, 6) is -2.10. The monoisotopic (exact) mass is 331 g/mol. The Kier molecular flexibility index (Phi) is 5.10. The molecule has 0 heterocycles. The van der Waals surface area contributed by atoms with E-state index in [0.717, 1.165) is 6.07 Å². The van der Waals surface area contributed by atoms with Crippen LogP contribution >= 0.6 is 0 Å². The van der Waals surface area contributed by atoms with E-state index < -0.39 is 16.9 Å². The van der Waals surface area contributed by atoms with E-state index in [9.17, 15) is 24.8 Å². The van der Waals surface area contributed by atoms with Crippen LogP contribution in [0, 0.1) is 10.1 Å². The molecule has 0 aliphatic carbocycles. The van der Waals surface area contributed by atoms with Crippen LogP contribution in [0.15, 0.2) is 42.5 Å². The van der Waals surface area contributed by atoms with Crippen molar-refractivity contribution < 1.29 is 29.1 Å². The third kappa shape index (κ3) is 3.67. The zero-order valence-corrected chi connectivity index (χ0v) is 12.6. The summed E-state index contributed by atoms with van der Waals surface area (Å²) in [6.07, 6.45) is 0. The molecule has 0 saturated heterocycles. The number of nitrogens with zero attached hydrogens (tertiary/aromatic N) is 1. The Bertz CT molecular complexity index is 801. The maximum atomic E-state index is 11.8. The van der Waals surface area contributed by atoms with Crippen LogP contribution in [0.5, 0.6) is 11.5 Å². The Balaban J connectivity index is 2.40. The lowest BCUT2D eigenvalue weighted by molar-refractivity contribution is -0.385. The minimum absolute atomic E-state index is 0.0391. The summed E-state index contributed by atoms with van der Waals surface area (Å²) in [6, 6.07) is 9.38. The number of hydrogen-bond donors (Lipinski definition) is 1. The Hall–Kier alpha value is -3.42. The molecule has 0 saturated carbocycles. The van der Waals surface area contributed by atoms with Gasteiger partial charge in [-0.3, -0.25) is 10.1 Å². The quantitative estimate of drug-likeness (QED) is 0.490. The summed E-state index contributed by atoms with van der Waals surface area (Å²) < 4.78 is 10.2. The molecular weight excluding hydrogens is 318 g/mol. The first-order valence-electron chi connectivity index (χ1n) is 6.89. The van der Waals surface area contributed by atoms with Crippen molar-refractivity contribution in [2.75, 3.05) is 6.61 Å². The van der Waals surface area contributed by atoms with E-state index in [4.69, 9.17) is 9.47 Å². The van der Waals surface area contributed by atoms with Gasteiger partial charge < -0.3 is 14.6 Å². The van der Waals surface area contributed by atoms with Crippen molar-refractivity contribution in [2.24, 2.45) is 0 Å². The van der Waals surface area contributed by atoms with E-state index in [1.165, 1.54) is 30.3 Å². The number of carbonyl (C=O) groups excluding carboxylic acids is 1. The van der Waals surface area contributed by atoms with Gasteiger partial charge in [0.15, 0.2) is 0 Å². The van der Waals surface area contributed by atoms with Crippen LogP contribution in [-0.4, -0.2) is 28.6 Å². The Morgan fingerprint density at radius 2 is 1.88 bits per heavy atom. The molecule has 0 atom stereocenters. The lowest BCUT2D eigenvalue weighted by Crippen LogP contribution is -2.11. The second-order valence-corrected chi connectivity index (χ2v) is 4.56. The number of carboxylic acids is 1. The fraction of sp³-hybridized carbons (Fsp3) is 0.125. The molecule has 8 heteroatoms. The van der Waals surface area contributed by atoms with Crippen molar-refractivity contribution in [3.05, 3.63) is 63.7 Å². The van der Waals surface area contributed by atoms with Crippen molar-refractivity contribution in [3.63, 3.8) is 0 Å². The highest BCUT2D eigenvalue weighted by molar-refractivity contribution is 6.02. The molecule has 0 bridgehead atoms. The van der Waals surface area contributed by atoms with Gasteiger partial charge in [-0.05, 0) is 31.2 Å². The summed E-state index contributed by atoms with van der Waals surface area (Å²) in [6.45, 7) is 1.71. The zero-order chi connectivity index (χ0) is 17.7. The summed E-state index contributed by atoms with van der Waals surface area (Å²) in [4.78, 5) is 33.5. The summed E-state index contributed by atoms with van der Waals surface area (Å²) >= 11 is 0. The number of rotatable bonds is 6. The summed E-state index contributed by atoms with van der Waals surface area (Å²) in [7, 11) is 0. The minimum atomic E-state index is -1.34. The predicted molar refractivity (Wildman–Crippen MR) is 82.5 cm³/mol. The average Bonchev–Trinajstić information content (AvgIpc) is 2.55. The van der Waals surface area contributed by atoms with Crippen LogP contribution in [0.2, 0.25) is 0 Å². The van der Waals surface area contributed by atoms with Gasteiger partial charge in [0.05, 0.1) is 22.7 Å². The van der Waals surface area contributed by atoms with Gasteiger partial charge >= 0.3 is 17.6 Å². The Morgan fingerprint density at radius 1 is 1.17 bits per heavy atom. The van der Waals surface area contributed by atoms with Gasteiger partial charge in [-0.1, -0.05) is 12.1 Å². The SMILES string of the molecule is CCOC(=O)c1ccc(Oc2ccccc2[N+](=O)[O-])cc1C(=O)O. The van der Waals surface area contributed by atoms with Gasteiger partial charge in [0.25, 0.3) is 0 Å². The highest BCUT2D eigenvalue weighted by Crippen LogP contribution is 2.31. The van der Waals surface area contributed by atoms with E-state index in [1.807, 2.05) is 0 Å². The van der Waals surface area contributed by atoms with Gasteiger partial charge in [0, 0.05) is 6.07 Å². The van der Waals surface area contributed by atoms with Crippen molar-refractivity contribution in [1.29, 1.82) is 0 Å². The first kappa shape index (κ1) is 16.9. The number of nitro benzene ring substituents is 1. The van der Waals surface area contributed by atoms with Crippen LogP contribution in [0.1, 0.15) is 27.6 Å². The lowest BCUT2D eigenvalue weighted by Gasteiger charge is -2.10. The van der Waals surface area contributed by atoms with Crippen molar-refractivity contribution >= 4 is 17.6 Å². The highest BCUT2D eigenvalue weighted by Gasteiger charge is 2.20. The molecule has 0 aliphatic rings. The molecule has 0 amide bonds. The van der Waals surface area contributed by atoms with Gasteiger partial charge in [-0.25, -0.2) is 9.59 Å². The third-order valence-electron chi connectivity index (χ3n) is 3.01. The van der Waals surface area contributed by atoms with E-state index in [1.54, 1.807) is 13.0 Å². The number of ether oxygens (including phenoxy) is 2. The van der Waals surface area contributed by atoms with Crippen molar-refractivity contribution in [1.82, 2.24) is 0 Å². The number of benzene rings is 2. The topological polar surface area (TPSA) is 116 Å². The number of hydrogen-bond acceptors (Lipinski definition) is 6. The number of carbonyl (C=O) groups is 2. The maximum Gasteiger partial charge on any atom is 0.339 e. The average molecular weight is 331 g/mol. The molecule has 0 fully saturated rings. The minimum Gasteiger partial charge on any atom is -0.478 e. The highest BCUT2D eigenvalue weighted by atomic mass is 16.6. The van der Waals surface area contributed by atoms with Crippen LogP contribution < -0.4 is 4.74 Å². The number of esters is 1. The first-order chi connectivity index (χ1) is 11.4. The number of carboxylic acid groups (broad SMARTS) is 1. The standard InChI is InChI=1S/C16H13NO7/c1-2-23-16(20)11-8-7-10(9-12(11)15(18)19)24-14-6-4-3-5-13(14)17(21)22/h3-9H,2H2,1H3,(H,18,19). The molecule has 2 rings (SSSR count). The van der Waals surface area contributed by atoms with Crippen molar-refractivity contribution in [2.45, 2.75) is 6.92 Å².